The first-order valence-corrected chi connectivity index (χ1v) is 5.95. The van der Waals surface area contributed by atoms with Gasteiger partial charge in [-0.3, -0.25) is 0 Å². The molecule has 0 atom stereocenters. The summed E-state index contributed by atoms with van der Waals surface area (Å²) in [6.07, 6.45) is 0. The van der Waals surface area contributed by atoms with Crippen molar-refractivity contribution in [3.8, 4) is 0 Å². The van der Waals surface area contributed by atoms with Crippen molar-refractivity contribution >= 4 is 17.7 Å². The van der Waals surface area contributed by atoms with E-state index in [0.29, 0.717) is 17.8 Å². The molecule has 98 valence electrons. The largest absolute Gasteiger partial charge is 0.478 e. The Hall–Kier alpha value is -1.95. The Bertz CT molecular complexity index is 644. The molecule has 1 N–H and O–H groups in total. The third-order valence-corrected chi connectivity index (χ3v) is 3.47. The SMILES string of the molecule is O=C(O)c1cccc(F)c1Sc1ccc(F)cc1F. The summed E-state index contributed by atoms with van der Waals surface area (Å²) in [4.78, 5) is 10.7. The first-order valence-electron chi connectivity index (χ1n) is 5.13. The third-order valence-electron chi connectivity index (χ3n) is 2.30. The normalized spacial score (nSPS) is 10.5. The zero-order valence-corrected chi connectivity index (χ0v) is 10.2. The topological polar surface area (TPSA) is 37.3 Å². The van der Waals surface area contributed by atoms with Crippen LogP contribution in [0.3, 0.4) is 0 Å². The van der Waals surface area contributed by atoms with Gasteiger partial charge >= 0.3 is 5.97 Å². The molecular formula is C13H7F3O2S. The molecule has 0 aliphatic rings. The summed E-state index contributed by atoms with van der Waals surface area (Å²) >= 11 is 0.607. The van der Waals surface area contributed by atoms with Crippen molar-refractivity contribution in [1.82, 2.24) is 0 Å². The van der Waals surface area contributed by atoms with Crippen LogP contribution in [0.5, 0.6) is 0 Å². The summed E-state index contributed by atoms with van der Waals surface area (Å²) in [6, 6.07) is 6.36. The highest BCUT2D eigenvalue weighted by atomic mass is 32.2. The number of halogens is 3. The quantitative estimate of drug-likeness (QED) is 0.927. The first-order chi connectivity index (χ1) is 8.99. The van der Waals surface area contributed by atoms with Crippen molar-refractivity contribution < 1.29 is 23.1 Å². The molecule has 0 aliphatic carbocycles. The van der Waals surface area contributed by atoms with Crippen LogP contribution in [0.25, 0.3) is 0 Å². The number of carboxylic acid groups (broad SMARTS) is 1. The van der Waals surface area contributed by atoms with Crippen molar-refractivity contribution in [3.05, 3.63) is 59.4 Å². The zero-order chi connectivity index (χ0) is 14.0. The highest BCUT2D eigenvalue weighted by Crippen LogP contribution is 2.34. The van der Waals surface area contributed by atoms with Crippen molar-refractivity contribution in [2.75, 3.05) is 0 Å². The fourth-order valence-electron chi connectivity index (χ4n) is 1.45. The van der Waals surface area contributed by atoms with Crippen LogP contribution in [0.15, 0.2) is 46.2 Å². The number of carboxylic acids is 1. The van der Waals surface area contributed by atoms with E-state index in [1.54, 1.807) is 0 Å². The number of hydrogen-bond donors (Lipinski definition) is 1. The molecular weight excluding hydrogens is 277 g/mol. The van der Waals surface area contributed by atoms with E-state index in [-0.39, 0.29) is 15.4 Å². The summed E-state index contributed by atoms with van der Waals surface area (Å²) in [5.41, 5.74) is -0.270. The Labute approximate surface area is 110 Å². The molecule has 2 aromatic rings. The molecule has 0 aliphatic heterocycles. The molecule has 0 saturated carbocycles. The number of carbonyl (C=O) groups is 1. The fourth-order valence-corrected chi connectivity index (χ4v) is 2.39. The van der Waals surface area contributed by atoms with E-state index >= 15 is 0 Å². The Morgan fingerprint density at radius 2 is 1.79 bits per heavy atom. The lowest BCUT2D eigenvalue weighted by Gasteiger charge is -2.07. The molecule has 2 aromatic carbocycles. The van der Waals surface area contributed by atoms with E-state index in [1.807, 2.05) is 0 Å². The molecule has 19 heavy (non-hydrogen) atoms. The highest BCUT2D eigenvalue weighted by Gasteiger charge is 2.17. The fraction of sp³-hybridized carbons (Fsp3) is 0. The van der Waals surface area contributed by atoms with Gasteiger partial charge in [0.15, 0.2) is 0 Å². The van der Waals surface area contributed by atoms with Crippen molar-refractivity contribution in [2.24, 2.45) is 0 Å². The Balaban J connectivity index is 2.46. The van der Waals surface area contributed by atoms with Crippen LogP contribution in [-0.2, 0) is 0 Å². The number of aromatic carboxylic acids is 1. The molecule has 2 nitrogen and oxygen atoms in total. The molecule has 0 amide bonds. The van der Waals surface area contributed by atoms with Crippen LogP contribution >= 0.6 is 11.8 Å². The van der Waals surface area contributed by atoms with E-state index in [4.69, 9.17) is 5.11 Å². The first kappa shape index (κ1) is 13.5. The highest BCUT2D eigenvalue weighted by molar-refractivity contribution is 7.99. The van der Waals surface area contributed by atoms with Crippen molar-refractivity contribution in [1.29, 1.82) is 0 Å². The van der Waals surface area contributed by atoms with Gasteiger partial charge in [0.2, 0.25) is 0 Å². The lowest BCUT2D eigenvalue weighted by Crippen LogP contribution is -2.00. The standard InChI is InChI=1S/C13H7F3O2S/c14-7-4-5-11(10(16)6-7)19-12-8(13(17)18)2-1-3-9(12)15/h1-6H,(H,17,18). The van der Waals surface area contributed by atoms with Gasteiger partial charge < -0.3 is 5.11 Å². The van der Waals surface area contributed by atoms with E-state index < -0.39 is 23.4 Å². The molecule has 2 rings (SSSR count). The number of benzene rings is 2. The predicted octanol–water partition coefficient (Wildman–Crippen LogP) is 3.95. The number of hydrogen-bond acceptors (Lipinski definition) is 2. The van der Waals surface area contributed by atoms with Crippen LogP contribution in [0.2, 0.25) is 0 Å². The average molecular weight is 284 g/mol. The summed E-state index contributed by atoms with van der Waals surface area (Å²) in [6.45, 7) is 0. The minimum atomic E-state index is -1.32. The molecule has 0 aromatic heterocycles. The smallest absolute Gasteiger partial charge is 0.336 e. The maximum absolute atomic E-state index is 13.6. The van der Waals surface area contributed by atoms with Crippen LogP contribution in [-0.4, -0.2) is 11.1 Å². The second-order valence-corrected chi connectivity index (χ2v) is 4.65. The summed E-state index contributed by atoms with van der Waals surface area (Å²) in [5, 5.41) is 8.95. The minimum absolute atomic E-state index is 0.0472. The van der Waals surface area contributed by atoms with E-state index in [1.165, 1.54) is 12.1 Å². The minimum Gasteiger partial charge on any atom is -0.478 e. The van der Waals surface area contributed by atoms with Crippen LogP contribution in [0.4, 0.5) is 13.2 Å². The van der Waals surface area contributed by atoms with Gasteiger partial charge in [0.25, 0.3) is 0 Å². The summed E-state index contributed by atoms with van der Waals surface area (Å²) in [7, 11) is 0. The van der Waals surface area contributed by atoms with Crippen LogP contribution in [0.1, 0.15) is 10.4 Å². The maximum Gasteiger partial charge on any atom is 0.336 e. The second-order valence-electron chi connectivity index (χ2n) is 3.60. The summed E-state index contributed by atoms with van der Waals surface area (Å²) < 4.78 is 39.9. The zero-order valence-electron chi connectivity index (χ0n) is 9.36. The van der Waals surface area contributed by atoms with Crippen LogP contribution in [0, 0.1) is 17.5 Å². The molecule has 0 heterocycles. The Kier molecular flexibility index (Phi) is 3.80. The summed E-state index contributed by atoms with van der Waals surface area (Å²) in [5.74, 6) is -3.71. The van der Waals surface area contributed by atoms with Crippen molar-refractivity contribution in [2.45, 2.75) is 9.79 Å². The Morgan fingerprint density at radius 3 is 2.42 bits per heavy atom. The van der Waals surface area contributed by atoms with Gasteiger partial charge in [-0.15, -0.1) is 0 Å². The van der Waals surface area contributed by atoms with E-state index in [0.717, 1.165) is 18.2 Å². The van der Waals surface area contributed by atoms with Gasteiger partial charge in [0.05, 0.1) is 10.5 Å². The lowest BCUT2D eigenvalue weighted by molar-refractivity contribution is 0.0692. The second kappa shape index (κ2) is 5.36. The third kappa shape index (κ3) is 2.90. The van der Waals surface area contributed by atoms with Crippen molar-refractivity contribution in [3.63, 3.8) is 0 Å². The lowest BCUT2D eigenvalue weighted by atomic mass is 10.2. The van der Waals surface area contributed by atoms with Gasteiger partial charge in [0.1, 0.15) is 17.5 Å². The monoisotopic (exact) mass is 284 g/mol. The molecule has 0 bridgehead atoms. The average Bonchev–Trinajstić information content (AvgIpc) is 2.34. The van der Waals surface area contributed by atoms with E-state index in [2.05, 4.69) is 0 Å². The predicted molar refractivity (Wildman–Crippen MR) is 63.8 cm³/mol. The molecule has 6 heteroatoms. The molecule has 0 fully saturated rings. The van der Waals surface area contributed by atoms with Gasteiger partial charge in [-0.25, -0.2) is 18.0 Å². The Morgan fingerprint density at radius 1 is 1.05 bits per heavy atom. The van der Waals surface area contributed by atoms with E-state index in [9.17, 15) is 18.0 Å². The number of rotatable bonds is 3. The van der Waals surface area contributed by atoms with Gasteiger partial charge in [-0.05, 0) is 24.3 Å². The molecule has 0 saturated heterocycles. The van der Waals surface area contributed by atoms with Gasteiger partial charge in [-0.2, -0.15) is 0 Å². The molecule has 0 spiro atoms. The molecule has 0 radical (unpaired) electrons. The van der Waals surface area contributed by atoms with Gasteiger partial charge in [0, 0.05) is 11.0 Å². The van der Waals surface area contributed by atoms with Gasteiger partial charge in [-0.1, -0.05) is 17.8 Å². The maximum atomic E-state index is 13.6. The van der Waals surface area contributed by atoms with Crippen LogP contribution < -0.4 is 0 Å². The molecule has 0 unspecified atom stereocenters.